The molecule has 1 aromatic carbocycles. The van der Waals surface area contributed by atoms with E-state index in [1.807, 2.05) is 0 Å². The van der Waals surface area contributed by atoms with Crippen LogP contribution in [0.25, 0.3) is 0 Å². The van der Waals surface area contributed by atoms with Crippen molar-refractivity contribution in [1.82, 2.24) is 5.32 Å². The molecule has 112 valence electrons. The highest BCUT2D eigenvalue weighted by molar-refractivity contribution is 7.85. The lowest BCUT2D eigenvalue weighted by molar-refractivity contribution is 0.179. The molecule has 0 spiro atoms. The lowest BCUT2D eigenvalue weighted by atomic mass is 10.0. The topological polar surface area (TPSA) is 38.3 Å². The Kier molecular flexibility index (Phi) is 6.30. The van der Waals surface area contributed by atoms with Gasteiger partial charge in [-0.25, -0.2) is 0 Å². The predicted octanol–water partition coefficient (Wildman–Crippen LogP) is 3.12. The summed E-state index contributed by atoms with van der Waals surface area (Å²) in [6.07, 6.45) is 1.02. The minimum Gasteiger partial charge on any atom is -0.381 e. The molecule has 0 radical (unpaired) electrons. The van der Waals surface area contributed by atoms with Gasteiger partial charge >= 0.3 is 0 Å². The van der Waals surface area contributed by atoms with Gasteiger partial charge in [0.1, 0.15) is 0 Å². The van der Waals surface area contributed by atoms with Crippen LogP contribution in [0.4, 0.5) is 0 Å². The summed E-state index contributed by atoms with van der Waals surface area (Å²) in [5.41, 5.74) is 0. The van der Waals surface area contributed by atoms with Gasteiger partial charge < -0.3 is 10.1 Å². The van der Waals surface area contributed by atoms with Gasteiger partial charge in [-0.1, -0.05) is 30.1 Å². The van der Waals surface area contributed by atoms with E-state index in [0.29, 0.717) is 21.7 Å². The molecule has 2 rings (SSSR count). The Balaban J connectivity index is 2.05. The van der Waals surface area contributed by atoms with E-state index in [1.165, 1.54) is 0 Å². The third-order valence-electron chi connectivity index (χ3n) is 3.49. The van der Waals surface area contributed by atoms with Gasteiger partial charge in [-0.3, -0.25) is 4.21 Å². The quantitative estimate of drug-likeness (QED) is 0.867. The van der Waals surface area contributed by atoms with Crippen LogP contribution in [-0.4, -0.2) is 35.8 Å². The fourth-order valence-corrected chi connectivity index (χ4v) is 4.11. The molecule has 0 amide bonds. The second-order valence-electron chi connectivity index (χ2n) is 4.88. The number of benzene rings is 1. The molecule has 1 saturated heterocycles. The van der Waals surface area contributed by atoms with Crippen molar-refractivity contribution in [2.75, 3.05) is 25.5 Å². The fraction of sp³-hybridized carbons (Fsp3) is 0.571. The number of rotatable bonds is 6. The largest absolute Gasteiger partial charge is 0.381 e. The first kappa shape index (κ1) is 16.2. The smallest absolute Gasteiger partial charge is 0.0604 e. The van der Waals surface area contributed by atoms with Crippen molar-refractivity contribution in [2.24, 2.45) is 5.92 Å². The molecule has 0 aliphatic carbocycles. The molecule has 0 bridgehead atoms. The number of ether oxygens (including phenoxy) is 1. The van der Waals surface area contributed by atoms with Gasteiger partial charge in [-0.2, -0.15) is 0 Å². The molecule has 1 aromatic rings. The van der Waals surface area contributed by atoms with Crippen LogP contribution in [0, 0.1) is 5.92 Å². The average Bonchev–Trinajstić information content (AvgIpc) is 2.95. The monoisotopic (exact) mass is 335 g/mol. The average molecular weight is 336 g/mol. The highest BCUT2D eigenvalue weighted by atomic mass is 35.5. The maximum atomic E-state index is 12.5. The van der Waals surface area contributed by atoms with Crippen LogP contribution in [0.1, 0.15) is 13.3 Å². The van der Waals surface area contributed by atoms with Crippen LogP contribution < -0.4 is 5.32 Å². The third kappa shape index (κ3) is 4.18. The highest BCUT2D eigenvalue weighted by Crippen LogP contribution is 2.25. The van der Waals surface area contributed by atoms with Gasteiger partial charge in [0.25, 0.3) is 0 Å². The van der Waals surface area contributed by atoms with Crippen molar-refractivity contribution in [2.45, 2.75) is 24.3 Å². The Hall–Kier alpha value is -0.130. The molecule has 1 aliphatic rings. The lowest BCUT2D eigenvalue weighted by Gasteiger charge is -2.22. The van der Waals surface area contributed by atoms with Gasteiger partial charge in [0.2, 0.25) is 0 Å². The number of halogens is 2. The maximum absolute atomic E-state index is 12.5. The summed E-state index contributed by atoms with van der Waals surface area (Å²) in [7, 11) is -1.09. The fourth-order valence-electron chi connectivity index (χ4n) is 2.37. The van der Waals surface area contributed by atoms with Crippen LogP contribution in [0.5, 0.6) is 0 Å². The van der Waals surface area contributed by atoms with Crippen molar-refractivity contribution in [3.63, 3.8) is 0 Å². The summed E-state index contributed by atoms with van der Waals surface area (Å²) in [4.78, 5) is 0.723. The zero-order valence-corrected chi connectivity index (χ0v) is 13.7. The van der Waals surface area contributed by atoms with Gasteiger partial charge in [-0.15, -0.1) is 0 Å². The zero-order chi connectivity index (χ0) is 14.5. The van der Waals surface area contributed by atoms with Crippen molar-refractivity contribution in [3.8, 4) is 0 Å². The van der Waals surface area contributed by atoms with Crippen LogP contribution in [0.3, 0.4) is 0 Å². The van der Waals surface area contributed by atoms with Gasteiger partial charge in [0.05, 0.1) is 27.5 Å². The van der Waals surface area contributed by atoms with E-state index in [4.69, 9.17) is 27.9 Å². The first-order valence-corrected chi connectivity index (χ1v) is 8.84. The normalized spacial score (nSPS) is 21.9. The molecule has 0 saturated carbocycles. The molecule has 3 nitrogen and oxygen atoms in total. The zero-order valence-electron chi connectivity index (χ0n) is 11.4. The Morgan fingerprint density at radius 2 is 2.25 bits per heavy atom. The van der Waals surface area contributed by atoms with Gasteiger partial charge in [0, 0.05) is 29.2 Å². The third-order valence-corrected chi connectivity index (χ3v) is 5.67. The summed E-state index contributed by atoms with van der Waals surface area (Å²) in [5.74, 6) is 1.00. The van der Waals surface area contributed by atoms with Crippen molar-refractivity contribution < 1.29 is 8.95 Å². The first-order valence-electron chi connectivity index (χ1n) is 6.76. The highest BCUT2D eigenvalue weighted by Gasteiger charge is 2.27. The molecule has 20 heavy (non-hydrogen) atoms. The van der Waals surface area contributed by atoms with Crippen LogP contribution >= 0.6 is 23.2 Å². The molecule has 1 fully saturated rings. The van der Waals surface area contributed by atoms with E-state index < -0.39 is 10.8 Å². The van der Waals surface area contributed by atoms with E-state index in [1.54, 1.807) is 18.2 Å². The molecule has 1 aliphatic heterocycles. The van der Waals surface area contributed by atoms with Gasteiger partial charge in [-0.05, 0) is 31.2 Å². The van der Waals surface area contributed by atoms with Crippen LogP contribution in [-0.2, 0) is 15.5 Å². The predicted molar refractivity (Wildman–Crippen MR) is 84.1 cm³/mol. The summed E-state index contributed by atoms with van der Waals surface area (Å²) in [5, 5.41) is 4.35. The second kappa shape index (κ2) is 7.76. The second-order valence-corrected chi connectivity index (χ2v) is 7.19. The first-order chi connectivity index (χ1) is 9.61. The summed E-state index contributed by atoms with van der Waals surface area (Å²) < 4.78 is 17.9. The van der Waals surface area contributed by atoms with E-state index in [0.717, 1.165) is 31.1 Å². The van der Waals surface area contributed by atoms with Crippen molar-refractivity contribution in [1.29, 1.82) is 0 Å². The number of hydrogen-bond acceptors (Lipinski definition) is 3. The van der Waals surface area contributed by atoms with E-state index in [9.17, 15) is 4.21 Å². The molecule has 3 unspecified atom stereocenters. The van der Waals surface area contributed by atoms with E-state index in [-0.39, 0.29) is 6.04 Å². The Morgan fingerprint density at radius 1 is 1.45 bits per heavy atom. The van der Waals surface area contributed by atoms with E-state index >= 15 is 0 Å². The minimum absolute atomic E-state index is 0.206. The molecular formula is C14H19Cl2NO2S. The van der Waals surface area contributed by atoms with Gasteiger partial charge in [0.15, 0.2) is 0 Å². The Morgan fingerprint density at radius 3 is 2.85 bits per heavy atom. The molecular weight excluding hydrogens is 317 g/mol. The van der Waals surface area contributed by atoms with Crippen molar-refractivity contribution in [3.05, 3.63) is 28.2 Å². The number of hydrogen-bond donors (Lipinski definition) is 1. The summed E-state index contributed by atoms with van der Waals surface area (Å²) in [6, 6.07) is 5.36. The van der Waals surface area contributed by atoms with Crippen LogP contribution in [0.2, 0.25) is 10.0 Å². The SMILES string of the molecule is CCNC(CS(=O)c1ccc(Cl)c(Cl)c1)C1CCOC1. The summed E-state index contributed by atoms with van der Waals surface area (Å²) >= 11 is 11.9. The Bertz CT molecular complexity index is 478. The number of nitrogens with one attached hydrogen (secondary N) is 1. The van der Waals surface area contributed by atoms with Crippen molar-refractivity contribution >= 4 is 34.0 Å². The van der Waals surface area contributed by atoms with E-state index in [2.05, 4.69) is 12.2 Å². The molecule has 6 heteroatoms. The summed E-state index contributed by atoms with van der Waals surface area (Å²) in [6.45, 7) is 4.47. The molecule has 3 atom stereocenters. The molecule has 0 aromatic heterocycles. The minimum atomic E-state index is -1.09. The lowest BCUT2D eigenvalue weighted by Crippen LogP contribution is -2.40. The standard InChI is InChI=1S/C14H19Cl2NO2S/c1-2-17-14(10-5-6-19-8-10)9-20(18)11-3-4-12(15)13(16)7-11/h3-4,7,10,14,17H,2,5-6,8-9H2,1H3. The Labute approximate surface area is 132 Å². The van der Waals surface area contributed by atoms with Crippen LogP contribution in [0.15, 0.2) is 23.1 Å². The maximum Gasteiger partial charge on any atom is 0.0604 e. The molecule has 1 N–H and O–H groups in total. The molecule has 1 heterocycles.